The van der Waals surface area contributed by atoms with Crippen molar-refractivity contribution in [2.45, 2.75) is 12.8 Å². The van der Waals surface area contributed by atoms with Crippen LogP contribution in [0.1, 0.15) is 23.2 Å². The molecule has 0 saturated carbocycles. The molecule has 0 aromatic heterocycles. The molecule has 1 saturated heterocycles. The number of hydrogen-bond donors (Lipinski definition) is 0. The van der Waals surface area contributed by atoms with E-state index in [0.29, 0.717) is 17.1 Å². The number of para-hydroxylation sites is 1. The molecule has 0 bridgehead atoms. The van der Waals surface area contributed by atoms with Crippen molar-refractivity contribution in [3.05, 3.63) is 23.8 Å². The average molecular weight is 235 g/mol. The third kappa shape index (κ3) is 2.20. The van der Waals surface area contributed by atoms with Gasteiger partial charge in [0.05, 0.1) is 19.8 Å². The molecule has 0 atom stereocenters. The molecule has 0 unspecified atom stereocenters. The minimum atomic E-state index is 0.0262. The molecule has 0 aliphatic carbocycles. The van der Waals surface area contributed by atoms with Crippen LogP contribution in [0.4, 0.5) is 0 Å². The Morgan fingerprint density at radius 1 is 1.18 bits per heavy atom. The third-order valence-electron chi connectivity index (χ3n) is 3.03. The minimum absolute atomic E-state index is 0.0262. The molecular weight excluding hydrogens is 218 g/mol. The van der Waals surface area contributed by atoms with Crippen molar-refractivity contribution >= 4 is 5.91 Å². The first kappa shape index (κ1) is 11.8. The van der Waals surface area contributed by atoms with E-state index >= 15 is 0 Å². The van der Waals surface area contributed by atoms with Crippen molar-refractivity contribution in [3.63, 3.8) is 0 Å². The van der Waals surface area contributed by atoms with Gasteiger partial charge in [0.15, 0.2) is 11.5 Å². The molecule has 1 aliphatic heterocycles. The maximum atomic E-state index is 12.3. The highest BCUT2D eigenvalue weighted by Crippen LogP contribution is 2.31. The topological polar surface area (TPSA) is 38.8 Å². The van der Waals surface area contributed by atoms with Crippen LogP contribution >= 0.6 is 0 Å². The normalized spacial score (nSPS) is 14.8. The van der Waals surface area contributed by atoms with E-state index in [0.717, 1.165) is 25.9 Å². The van der Waals surface area contributed by atoms with Gasteiger partial charge in [0.25, 0.3) is 5.91 Å². The van der Waals surface area contributed by atoms with E-state index in [1.807, 2.05) is 11.0 Å². The molecule has 1 heterocycles. The number of benzene rings is 1. The summed E-state index contributed by atoms with van der Waals surface area (Å²) in [5.74, 6) is 1.14. The molecule has 0 radical (unpaired) electrons. The van der Waals surface area contributed by atoms with Gasteiger partial charge in [-0.15, -0.1) is 0 Å². The lowest BCUT2D eigenvalue weighted by molar-refractivity contribution is 0.0789. The molecular formula is C13H17NO3. The van der Waals surface area contributed by atoms with Crippen LogP contribution in [-0.4, -0.2) is 38.1 Å². The predicted molar refractivity (Wildman–Crippen MR) is 64.7 cm³/mol. The zero-order chi connectivity index (χ0) is 12.3. The summed E-state index contributed by atoms with van der Waals surface area (Å²) in [5.41, 5.74) is 0.578. The lowest BCUT2D eigenvalue weighted by atomic mass is 10.1. The zero-order valence-corrected chi connectivity index (χ0v) is 10.2. The molecule has 4 nitrogen and oxygen atoms in total. The maximum absolute atomic E-state index is 12.3. The van der Waals surface area contributed by atoms with Crippen LogP contribution in [0.2, 0.25) is 0 Å². The van der Waals surface area contributed by atoms with Crippen LogP contribution < -0.4 is 9.47 Å². The fourth-order valence-electron chi connectivity index (χ4n) is 2.15. The van der Waals surface area contributed by atoms with Gasteiger partial charge in [-0.25, -0.2) is 0 Å². The van der Waals surface area contributed by atoms with Gasteiger partial charge in [0.2, 0.25) is 0 Å². The number of amides is 1. The summed E-state index contributed by atoms with van der Waals surface area (Å²) in [4.78, 5) is 14.1. The van der Waals surface area contributed by atoms with Crippen LogP contribution in [0.3, 0.4) is 0 Å². The summed E-state index contributed by atoms with van der Waals surface area (Å²) in [6, 6.07) is 5.38. The molecule has 17 heavy (non-hydrogen) atoms. The highest BCUT2D eigenvalue weighted by atomic mass is 16.5. The molecule has 1 fully saturated rings. The first-order chi connectivity index (χ1) is 8.27. The number of hydrogen-bond acceptors (Lipinski definition) is 3. The third-order valence-corrected chi connectivity index (χ3v) is 3.03. The van der Waals surface area contributed by atoms with Crippen LogP contribution in [0.5, 0.6) is 11.5 Å². The number of carbonyl (C=O) groups excluding carboxylic acids is 1. The van der Waals surface area contributed by atoms with Gasteiger partial charge in [-0.2, -0.15) is 0 Å². The lowest BCUT2D eigenvalue weighted by Gasteiger charge is -2.18. The summed E-state index contributed by atoms with van der Waals surface area (Å²) in [5, 5.41) is 0. The van der Waals surface area contributed by atoms with E-state index in [4.69, 9.17) is 9.47 Å². The molecule has 1 aromatic carbocycles. The summed E-state index contributed by atoms with van der Waals surface area (Å²) in [6.07, 6.45) is 2.16. The number of likely N-dealkylation sites (tertiary alicyclic amines) is 1. The molecule has 0 N–H and O–H groups in total. The second kappa shape index (κ2) is 5.08. The van der Waals surface area contributed by atoms with E-state index in [1.165, 1.54) is 0 Å². The van der Waals surface area contributed by atoms with Gasteiger partial charge < -0.3 is 14.4 Å². The molecule has 0 spiro atoms. The fraction of sp³-hybridized carbons (Fsp3) is 0.462. The number of rotatable bonds is 3. The fourth-order valence-corrected chi connectivity index (χ4v) is 2.15. The highest BCUT2D eigenvalue weighted by molar-refractivity contribution is 5.98. The largest absolute Gasteiger partial charge is 0.493 e. The minimum Gasteiger partial charge on any atom is -0.493 e. The Bertz CT molecular complexity index is 411. The van der Waals surface area contributed by atoms with Gasteiger partial charge in [-0.05, 0) is 25.0 Å². The monoisotopic (exact) mass is 235 g/mol. The Kier molecular flexibility index (Phi) is 3.52. The Morgan fingerprint density at radius 2 is 1.88 bits per heavy atom. The smallest absolute Gasteiger partial charge is 0.257 e. The molecule has 1 aromatic rings. The van der Waals surface area contributed by atoms with E-state index in [9.17, 15) is 4.79 Å². The Morgan fingerprint density at radius 3 is 2.47 bits per heavy atom. The quantitative estimate of drug-likeness (QED) is 0.803. The van der Waals surface area contributed by atoms with Crippen molar-refractivity contribution in [2.24, 2.45) is 0 Å². The first-order valence-electron chi connectivity index (χ1n) is 5.78. The second-order valence-corrected chi connectivity index (χ2v) is 4.04. The Labute approximate surface area is 101 Å². The summed E-state index contributed by atoms with van der Waals surface area (Å²) in [7, 11) is 3.13. The molecule has 92 valence electrons. The van der Waals surface area contributed by atoms with Gasteiger partial charge in [-0.1, -0.05) is 6.07 Å². The van der Waals surface area contributed by atoms with Crippen LogP contribution in [0.25, 0.3) is 0 Å². The summed E-state index contributed by atoms with van der Waals surface area (Å²) < 4.78 is 10.5. The van der Waals surface area contributed by atoms with Crippen molar-refractivity contribution in [3.8, 4) is 11.5 Å². The number of methoxy groups -OCH3 is 2. The van der Waals surface area contributed by atoms with Crippen LogP contribution in [0.15, 0.2) is 18.2 Å². The molecule has 1 amide bonds. The van der Waals surface area contributed by atoms with E-state index in [1.54, 1.807) is 26.4 Å². The maximum Gasteiger partial charge on any atom is 0.257 e. The molecule has 1 aliphatic rings. The Balaban J connectivity index is 2.33. The SMILES string of the molecule is COc1cccc(C(=O)N2CCCC2)c1OC. The van der Waals surface area contributed by atoms with E-state index in [2.05, 4.69) is 0 Å². The molecule has 4 heteroatoms. The molecule has 2 rings (SSSR count). The highest BCUT2D eigenvalue weighted by Gasteiger charge is 2.23. The van der Waals surface area contributed by atoms with Crippen molar-refractivity contribution in [1.29, 1.82) is 0 Å². The van der Waals surface area contributed by atoms with Gasteiger partial charge in [-0.3, -0.25) is 4.79 Å². The summed E-state index contributed by atoms with van der Waals surface area (Å²) >= 11 is 0. The predicted octanol–water partition coefficient (Wildman–Crippen LogP) is 1.94. The van der Waals surface area contributed by atoms with E-state index < -0.39 is 0 Å². The van der Waals surface area contributed by atoms with Crippen molar-refractivity contribution in [2.75, 3.05) is 27.3 Å². The number of nitrogens with zero attached hydrogens (tertiary/aromatic N) is 1. The van der Waals surface area contributed by atoms with Crippen molar-refractivity contribution in [1.82, 2.24) is 4.90 Å². The van der Waals surface area contributed by atoms with Gasteiger partial charge in [0, 0.05) is 13.1 Å². The standard InChI is InChI=1S/C13H17NO3/c1-16-11-7-5-6-10(12(11)17-2)13(15)14-8-3-4-9-14/h5-7H,3-4,8-9H2,1-2H3. The van der Waals surface area contributed by atoms with Crippen LogP contribution in [-0.2, 0) is 0 Å². The van der Waals surface area contributed by atoms with Gasteiger partial charge in [0.1, 0.15) is 0 Å². The zero-order valence-electron chi connectivity index (χ0n) is 10.2. The average Bonchev–Trinajstić information content (AvgIpc) is 2.90. The first-order valence-corrected chi connectivity index (χ1v) is 5.78. The summed E-state index contributed by atoms with van der Waals surface area (Å²) in [6.45, 7) is 1.67. The van der Waals surface area contributed by atoms with Crippen molar-refractivity contribution < 1.29 is 14.3 Å². The van der Waals surface area contributed by atoms with E-state index in [-0.39, 0.29) is 5.91 Å². The van der Waals surface area contributed by atoms with Gasteiger partial charge >= 0.3 is 0 Å². The second-order valence-electron chi connectivity index (χ2n) is 4.04. The Hall–Kier alpha value is -1.71. The lowest BCUT2D eigenvalue weighted by Crippen LogP contribution is -2.28. The number of carbonyl (C=O) groups is 1. The van der Waals surface area contributed by atoms with Crippen LogP contribution in [0, 0.1) is 0 Å². The number of ether oxygens (including phenoxy) is 2.